The highest BCUT2D eigenvalue weighted by molar-refractivity contribution is 5.94. The van der Waals surface area contributed by atoms with Crippen LogP contribution in [0.5, 0.6) is 0 Å². The molecule has 2 saturated heterocycles. The van der Waals surface area contributed by atoms with Crippen LogP contribution in [0, 0.1) is 5.41 Å². The molecule has 0 saturated carbocycles. The smallest absolute Gasteiger partial charge is 0.336 e. The van der Waals surface area contributed by atoms with Gasteiger partial charge in [-0.25, -0.2) is 9.78 Å². The van der Waals surface area contributed by atoms with E-state index < -0.39 is 11.5 Å². The number of hydrogen-bond acceptors (Lipinski definition) is 10. The van der Waals surface area contributed by atoms with Gasteiger partial charge in [-0.2, -0.15) is 4.68 Å². The van der Waals surface area contributed by atoms with Gasteiger partial charge in [0.2, 0.25) is 5.91 Å². The number of esters is 1. The predicted octanol–water partition coefficient (Wildman–Crippen LogP) is 0.0195. The fourth-order valence-electron chi connectivity index (χ4n) is 5.11. The minimum atomic E-state index is -0.793. The molecular weight excluding hydrogens is 428 g/mol. The number of cyclic esters (lactones) is 1. The minimum absolute atomic E-state index is 0.0306. The molecule has 0 aromatic carbocycles. The van der Waals surface area contributed by atoms with Crippen molar-refractivity contribution in [2.45, 2.75) is 45.3 Å². The maximum absolute atomic E-state index is 13.4. The van der Waals surface area contributed by atoms with Gasteiger partial charge < -0.3 is 19.6 Å². The lowest BCUT2D eigenvalue weighted by Crippen LogP contribution is -2.45. The summed E-state index contributed by atoms with van der Waals surface area (Å²) >= 11 is 0. The molecule has 5 rings (SSSR count). The van der Waals surface area contributed by atoms with Crippen LogP contribution in [-0.4, -0.2) is 89.2 Å². The van der Waals surface area contributed by atoms with Crippen molar-refractivity contribution in [3.63, 3.8) is 0 Å². The zero-order valence-electron chi connectivity index (χ0n) is 18.6. The molecule has 1 N–H and O–H groups in total. The largest absolute Gasteiger partial charge is 0.456 e. The van der Waals surface area contributed by atoms with Gasteiger partial charge in [-0.05, 0) is 56.6 Å². The number of nitrogens with zero attached hydrogens (tertiary/aromatic N) is 8. The summed E-state index contributed by atoms with van der Waals surface area (Å²) in [7, 11) is 0. The second kappa shape index (κ2) is 8.27. The summed E-state index contributed by atoms with van der Waals surface area (Å²) < 4.78 is 6.52. The monoisotopic (exact) mass is 454 g/mol. The van der Waals surface area contributed by atoms with E-state index in [1.54, 1.807) is 11.8 Å². The fraction of sp³-hybridized carbons (Fsp3) is 0.571. The number of ether oxygens (including phenoxy) is 1. The Bertz CT molecular complexity index is 1080. The van der Waals surface area contributed by atoms with E-state index in [1.807, 2.05) is 6.92 Å². The Morgan fingerprint density at radius 3 is 2.64 bits per heavy atom. The lowest BCUT2D eigenvalue weighted by atomic mass is 9.76. The third kappa shape index (κ3) is 3.78. The number of β-amino-alcohol motifs (C(OH)–C–C–N with tert-alkyl or cyclic N) is 1. The maximum atomic E-state index is 13.4. The molecule has 2 atom stereocenters. The number of carbonyl (C=O) groups excluding carboxylic acids is 2. The molecule has 3 aliphatic heterocycles. The Labute approximate surface area is 190 Å². The SMILES string of the molecule is CC1=C(N2C(=O)C3(CCN(C[C@@H](O)c4cnc(-n5cnnn5)cn4)CC3)CC2C)COC1=O. The highest BCUT2D eigenvalue weighted by Crippen LogP contribution is 2.46. The molecule has 12 nitrogen and oxygen atoms in total. The van der Waals surface area contributed by atoms with E-state index in [1.165, 1.54) is 23.4 Å². The Kier molecular flexibility index (Phi) is 5.41. The average Bonchev–Trinajstić information content (AvgIpc) is 3.52. The third-order valence-electron chi connectivity index (χ3n) is 7.00. The van der Waals surface area contributed by atoms with Gasteiger partial charge in [0.05, 0.1) is 34.8 Å². The molecule has 2 fully saturated rings. The number of aliphatic hydroxyl groups is 1. The van der Waals surface area contributed by atoms with Crippen molar-refractivity contribution in [1.82, 2.24) is 40.0 Å². The summed E-state index contributed by atoms with van der Waals surface area (Å²) in [6.45, 7) is 5.73. The van der Waals surface area contributed by atoms with Crippen molar-refractivity contribution >= 4 is 11.9 Å². The molecule has 0 aliphatic carbocycles. The summed E-state index contributed by atoms with van der Waals surface area (Å²) in [5.74, 6) is 0.213. The number of carbonyl (C=O) groups is 2. The normalized spacial score (nSPS) is 24.1. The van der Waals surface area contributed by atoms with Gasteiger partial charge in [-0.15, -0.1) is 5.10 Å². The van der Waals surface area contributed by atoms with Crippen LogP contribution >= 0.6 is 0 Å². The predicted molar refractivity (Wildman–Crippen MR) is 112 cm³/mol. The van der Waals surface area contributed by atoms with E-state index in [0.717, 1.165) is 6.42 Å². The molecular formula is C21H26N8O4. The lowest BCUT2D eigenvalue weighted by molar-refractivity contribution is -0.139. The van der Waals surface area contributed by atoms with Gasteiger partial charge in [-0.1, -0.05) is 0 Å². The van der Waals surface area contributed by atoms with Crippen molar-refractivity contribution in [3.8, 4) is 5.82 Å². The van der Waals surface area contributed by atoms with Gasteiger partial charge in [0, 0.05) is 12.6 Å². The van der Waals surface area contributed by atoms with Crippen LogP contribution < -0.4 is 0 Å². The molecule has 2 aromatic heterocycles. The number of aromatic nitrogens is 6. The molecule has 174 valence electrons. The van der Waals surface area contributed by atoms with Gasteiger partial charge in [-0.3, -0.25) is 9.78 Å². The Morgan fingerprint density at radius 2 is 2.03 bits per heavy atom. The molecule has 1 amide bonds. The maximum Gasteiger partial charge on any atom is 0.336 e. The standard InChI is InChI=1S/C21H26N8O4/c1-13-7-21(20(32)29(13)16-11-33-19(31)14(16)2)3-5-27(6-4-21)10-17(30)15-8-23-18(9-22-15)28-12-24-25-26-28/h8-9,12-13,17,30H,3-7,10-11H2,1-2H3/t13?,17-/m1/s1. The average molecular weight is 454 g/mol. The number of likely N-dealkylation sites (tertiary alicyclic amines) is 2. The molecule has 2 aromatic rings. The number of hydrogen-bond donors (Lipinski definition) is 1. The fourth-order valence-corrected chi connectivity index (χ4v) is 5.11. The summed E-state index contributed by atoms with van der Waals surface area (Å²) in [5.41, 5.74) is 1.28. The number of amides is 1. The second-order valence-electron chi connectivity index (χ2n) is 9.03. The number of piperidine rings is 1. The van der Waals surface area contributed by atoms with Crippen LogP contribution in [0.3, 0.4) is 0 Å². The first kappa shape index (κ1) is 21.6. The zero-order chi connectivity index (χ0) is 23.2. The van der Waals surface area contributed by atoms with Crippen molar-refractivity contribution in [3.05, 3.63) is 35.7 Å². The molecule has 1 spiro atoms. The van der Waals surface area contributed by atoms with E-state index in [0.29, 0.717) is 55.3 Å². The molecule has 0 radical (unpaired) electrons. The van der Waals surface area contributed by atoms with Crippen molar-refractivity contribution in [2.24, 2.45) is 5.41 Å². The van der Waals surface area contributed by atoms with Crippen LogP contribution in [0.2, 0.25) is 0 Å². The lowest BCUT2D eigenvalue weighted by Gasteiger charge is -2.38. The van der Waals surface area contributed by atoms with Crippen molar-refractivity contribution in [1.29, 1.82) is 0 Å². The topological polar surface area (TPSA) is 139 Å². The van der Waals surface area contributed by atoms with Gasteiger partial charge >= 0.3 is 5.97 Å². The number of tetrazole rings is 1. The van der Waals surface area contributed by atoms with Crippen LogP contribution in [0.4, 0.5) is 0 Å². The Balaban J connectivity index is 1.20. The van der Waals surface area contributed by atoms with Crippen LogP contribution in [-0.2, 0) is 14.3 Å². The molecule has 1 unspecified atom stereocenters. The minimum Gasteiger partial charge on any atom is -0.456 e. The van der Waals surface area contributed by atoms with Crippen LogP contribution in [0.1, 0.15) is 44.9 Å². The number of rotatable bonds is 5. The number of aliphatic hydroxyl groups excluding tert-OH is 1. The Hall–Kier alpha value is -3.25. The van der Waals surface area contributed by atoms with E-state index >= 15 is 0 Å². The van der Waals surface area contributed by atoms with Crippen LogP contribution in [0.25, 0.3) is 5.82 Å². The van der Waals surface area contributed by atoms with Gasteiger partial charge in [0.1, 0.15) is 19.0 Å². The molecule has 12 heteroatoms. The van der Waals surface area contributed by atoms with E-state index in [-0.39, 0.29) is 24.5 Å². The molecule has 5 heterocycles. The van der Waals surface area contributed by atoms with Crippen molar-refractivity contribution < 1.29 is 19.4 Å². The first-order valence-electron chi connectivity index (χ1n) is 11.0. The summed E-state index contributed by atoms with van der Waals surface area (Å²) in [4.78, 5) is 37.7. The van der Waals surface area contributed by atoms with Gasteiger partial charge in [0.15, 0.2) is 5.82 Å². The Morgan fingerprint density at radius 1 is 1.24 bits per heavy atom. The van der Waals surface area contributed by atoms with Crippen LogP contribution in [0.15, 0.2) is 30.0 Å². The first-order chi connectivity index (χ1) is 15.9. The second-order valence-corrected chi connectivity index (χ2v) is 9.03. The quantitative estimate of drug-likeness (QED) is 0.615. The molecule has 0 bridgehead atoms. The summed E-state index contributed by atoms with van der Waals surface area (Å²) in [6, 6.07) is 0.0306. The van der Waals surface area contributed by atoms with Crippen molar-refractivity contribution in [2.75, 3.05) is 26.2 Å². The van der Waals surface area contributed by atoms with E-state index in [9.17, 15) is 14.7 Å². The first-order valence-corrected chi connectivity index (χ1v) is 11.0. The summed E-state index contributed by atoms with van der Waals surface area (Å²) in [6.07, 6.45) is 5.85. The third-order valence-corrected chi connectivity index (χ3v) is 7.00. The highest BCUT2D eigenvalue weighted by atomic mass is 16.5. The zero-order valence-corrected chi connectivity index (χ0v) is 18.6. The van der Waals surface area contributed by atoms with E-state index in [4.69, 9.17) is 4.74 Å². The molecule has 3 aliphatic rings. The van der Waals surface area contributed by atoms with Gasteiger partial charge in [0.25, 0.3) is 0 Å². The highest BCUT2D eigenvalue weighted by Gasteiger charge is 2.53. The van der Waals surface area contributed by atoms with E-state index in [2.05, 4.69) is 30.4 Å². The summed E-state index contributed by atoms with van der Waals surface area (Å²) in [5, 5.41) is 21.6. The molecule has 33 heavy (non-hydrogen) atoms.